The van der Waals surface area contributed by atoms with Gasteiger partial charge in [-0.3, -0.25) is 10.1 Å². The minimum Gasteiger partial charge on any atom is -0.258 e. The lowest BCUT2D eigenvalue weighted by molar-refractivity contribution is -0.384. The highest BCUT2D eigenvalue weighted by molar-refractivity contribution is 7.86. The minimum atomic E-state index is -4.10. The highest BCUT2D eigenvalue weighted by Gasteiger charge is 2.14. The van der Waals surface area contributed by atoms with Crippen molar-refractivity contribution in [2.24, 2.45) is 0 Å². The number of nitrogens with zero attached hydrogens (tertiary/aromatic N) is 1. The summed E-state index contributed by atoms with van der Waals surface area (Å²) in [5, 5.41) is 10.2. The molecule has 0 amide bonds. The van der Waals surface area contributed by atoms with Gasteiger partial charge in [-0.2, -0.15) is 8.42 Å². The Kier molecular flexibility index (Phi) is 2.82. The van der Waals surface area contributed by atoms with Crippen LogP contribution in [0.4, 0.5) is 5.69 Å². The second-order valence-corrected chi connectivity index (χ2v) is 3.83. The molecule has 0 aliphatic rings. The molecule has 0 bridgehead atoms. The Labute approximate surface area is 80.4 Å². The van der Waals surface area contributed by atoms with Crippen molar-refractivity contribution in [3.8, 4) is 0 Å². The predicted octanol–water partition coefficient (Wildman–Crippen LogP) is 0.846. The summed E-state index contributed by atoms with van der Waals surface area (Å²) in [6.45, 7) is 0. The molecule has 1 rings (SSSR count). The van der Waals surface area contributed by atoms with E-state index in [9.17, 15) is 18.5 Å². The Morgan fingerprint density at radius 2 is 1.79 bits per heavy atom. The third-order valence-electron chi connectivity index (χ3n) is 1.45. The van der Waals surface area contributed by atoms with Gasteiger partial charge in [0.1, 0.15) is 0 Å². The average Bonchev–Trinajstić information content (AvgIpc) is 2.18. The molecule has 0 saturated heterocycles. The van der Waals surface area contributed by atoms with Gasteiger partial charge in [0.05, 0.1) is 9.82 Å². The summed E-state index contributed by atoms with van der Waals surface area (Å²) in [7, 11) is 2.16. The minimum absolute atomic E-state index is 0.228. The van der Waals surface area contributed by atoms with Gasteiger partial charge in [0.15, 0.2) is 7.11 Å². The van der Waals surface area contributed by atoms with Crippen LogP contribution in [0.25, 0.3) is 0 Å². The SMILES string of the molecule is [C]OS(=O)(=O)c1ccc([N+](=O)[O-])cc1. The molecule has 0 unspecified atom stereocenters. The number of non-ortho nitro benzene ring substituents is 1. The number of nitro groups is 1. The first-order valence-corrected chi connectivity index (χ1v) is 4.73. The molecule has 0 fully saturated rings. The summed E-state index contributed by atoms with van der Waals surface area (Å²) >= 11 is 0. The Morgan fingerprint density at radius 1 is 1.29 bits per heavy atom. The topological polar surface area (TPSA) is 86.5 Å². The van der Waals surface area contributed by atoms with Gasteiger partial charge in [0.25, 0.3) is 15.8 Å². The summed E-state index contributed by atoms with van der Waals surface area (Å²) in [5.41, 5.74) is -0.228. The molecule has 7 heteroatoms. The lowest BCUT2D eigenvalue weighted by atomic mass is 10.3. The second-order valence-electron chi connectivity index (χ2n) is 2.29. The van der Waals surface area contributed by atoms with Crippen LogP contribution in [0, 0.1) is 17.2 Å². The molecule has 0 aliphatic heterocycles. The van der Waals surface area contributed by atoms with Gasteiger partial charge in [0, 0.05) is 12.1 Å². The van der Waals surface area contributed by atoms with E-state index in [-0.39, 0.29) is 10.6 Å². The highest BCUT2D eigenvalue weighted by Crippen LogP contribution is 2.16. The van der Waals surface area contributed by atoms with Crippen LogP contribution in [0.15, 0.2) is 29.2 Å². The molecule has 0 aromatic heterocycles. The van der Waals surface area contributed by atoms with E-state index in [1.165, 1.54) is 0 Å². The van der Waals surface area contributed by atoms with Gasteiger partial charge in [-0.15, -0.1) is 0 Å². The van der Waals surface area contributed by atoms with Crippen LogP contribution in [0.2, 0.25) is 0 Å². The van der Waals surface area contributed by atoms with E-state index < -0.39 is 15.0 Å². The van der Waals surface area contributed by atoms with Crippen molar-refractivity contribution < 1.29 is 17.5 Å². The standard InChI is InChI=1S/C7H4NO5S/c1-13-14(11,12)7-4-2-6(3-5-7)8(9)10/h2-5H. The van der Waals surface area contributed by atoms with Crippen LogP contribution in [-0.4, -0.2) is 13.3 Å². The number of hydrogen-bond acceptors (Lipinski definition) is 5. The summed E-state index contributed by atoms with van der Waals surface area (Å²) in [6.07, 6.45) is 0. The van der Waals surface area contributed by atoms with Crippen molar-refractivity contribution in [1.29, 1.82) is 0 Å². The first-order chi connectivity index (χ1) is 6.47. The zero-order chi connectivity index (χ0) is 10.8. The highest BCUT2D eigenvalue weighted by atomic mass is 32.2. The molecule has 1 aromatic carbocycles. The summed E-state index contributed by atoms with van der Waals surface area (Å²) in [4.78, 5) is 9.27. The summed E-state index contributed by atoms with van der Waals surface area (Å²) in [6, 6.07) is 4.04. The van der Waals surface area contributed by atoms with Crippen molar-refractivity contribution in [2.75, 3.05) is 0 Å². The molecule has 14 heavy (non-hydrogen) atoms. The maximum atomic E-state index is 10.9. The van der Waals surface area contributed by atoms with Gasteiger partial charge in [-0.25, -0.2) is 4.18 Å². The Morgan fingerprint density at radius 3 is 2.14 bits per heavy atom. The average molecular weight is 214 g/mol. The first kappa shape index (κ1) is 10.6. The van der Waals surface area contributed by atoms with E-state index in [0.717, 1.165) is 24.3 Å². The smallest absolute Gasteiger partial charge is 0.258 e. The van der Waals surface area contributed by atoms with Crippen molar-refractivity contribution in [3.63, 3.8) is 0 Å². The number of benzene rings is 1. The Bertz CT molecular complexity index is 436. The molecule has 0 heterocycles. The number of hydrogen-bond donors (Lipinski definition) is 0. The quantitative estimate of drug-likeness (QED) is 0.422. The van der Waals surface area contributed by atoms with Gasteiger partial charge < -0.3 is 0 Å². The summed E-state index contributed by atoms with van der Waals surface area (Å²) < 4.78 is 25.3. The van der Waals surface area contributed by atoms with Crippen LogP contribution in [0.3, 0.4) is 0 Å². The van der Waals surface area contributed by atoms with Gasteiger partial charge in [0.2, 0.25) is 0 Å². The maximum absolute atomic E-state index is 10.9. The molecule has 0 spiro atoms. The lowest BCUT2D eigenvalue weighted by Gasteiger charge is -1.98. The van der Waals surface area contributed by atoms with Crippen molar-refractivity contribution in [3.05, 3.63) is 41.5 Å². The number of rotatable bonds is 3. The molecular weight excluding hydrogens is 210 g/mol. The van der Waals surface area contributed by atoms with E-state index in [1.54, 1.807) is 0 Å². The number of nitro benzene ring substituents is 1. The van der Waals surface area contributed by atoms with Crippen LogP contribution in [0.1, 0.15) is 0 Å². The predicted molar refractivity (Wildman–Crippen MR) is 44.6 cm³/mol. The van der Waals surface area contributed by atoms with Crippen molar-refractivity contribution >= 4 is 15.8 Å². The van der Waals surface area contributed by atoms with E-state index in [1.807, 2.05) is 0 Å². The van der Waals surface area contributed by atoms with E-state index in [4.69, 9.17) is 7.11 Å². The molecule has 0 N–H and O–H groups in total. The molecule has 73 valence electrons. The molecule has 0 aliphatic carbocycles. The zero-order valence-electron chi connectivity index (χ0n) is 6.71. The Hall–Kier alpha value is -1.47. The van der Waals surface area contributed by atoms with E-state index in [2.05, 4.69) is 4.18 Å². The van der Waals surface area contributed by atoms with Crippen LogP contribution in [0.5, 0.6) is 0 Å². The third-order valence-corrected chi connectivity index (χ3v) is 2.51. The van der Waals surface area contributed by atoms with Gasteiger partial charge in [-0.1, -0.05) is 0 Å². The fraction of sp³-hybridized carbons (Fsp3) is 0. The normalized spacial score (nSPS) is 11.2. The molecule has 0 atom stereocenters. The van der Waals surface area contributed by atoms with Crippen molar-refractivity contribution in [2.45, 2.75) is 4.90 Å². The van der Waals surface area contributed by atoms with Gasteiger partial charge >= 0.3 is 0 Å². The van der Waals surface area contributed by atoms with Crippen LogP contribution < -0.4 is 0 Å². The summed E-state index contributed by atoms with van der Waals surface area (Å²) in [5.74, 6) is 0. The fourth-order valence-electron chi connectivity index (χ4n) is 0.783. The second kappa shape index (κ2) is 3.72. The largest absolute Gasteiger partial charge is 0.297 e. The molecule has 6 nitrogen and oxygen atoms in total. The third kappa shape index (κ3) is 2.06. The fourth-order valence-corrected chi connectivity index (χ4v) is 1.35. The van der Waals surface area contributed by atoms with Crippen molar-refractivity contribution in [1.82, 2.24) is 0 Å². The molecule has 3 radical (unpaired) electrons. The van der Waals surface area contributed by atoms with Gasteiger partial charge in [-0.05, 0) is 12.1 Å². The maximum Gasteiger partial charge on any atom is 0.297 e. The monoisotopic (exact) mass is 214 g/mol. The van der Waals surface area contributed by atoms with Crippen LogP contribution in [-0.2, 0) is 14.3 Å². The lowest BCUT2D eigenvalue weighted by Crippen LogP contribution is -2.01. The molecular formula is C7H4NO5S. The van der Waals surface area contributed by atoms with E-state index in [0.29, 0.717) is 0 Å². The van der Waals surface area contributed by atoms with Crippen LogP contribution >= 0.6 is 0 Å². The van der Waals surface area contributed by atoms with E-state index >= 15 is 0 Å². The molecule has 0 saturated carbocycles. The molecule has 1 aromatic rings. The Balaban J connectivity index is 3.12. The first-order valence-electron chi connectivity index (χ1n) is 3.32. The zero-order valence-corrected chi connectivity index (χ0v) is 7.52.